The zero-order valence-corrected chi connectivity index (χ0v) is 44.5. The minimum absolute atomic E-state index is 0.0563. The standard InChI is InChI=1S/C62H77BN2S/c1-36-29-48-51-49(30-36)65(46-34-42-40(31-37(46)2)56(5,6)21-22-58(42,9)10)54-52(50-53(66-54)60(13,14)24-23-59(50,11)12)63(51)45-33-43-44(62(16)27-25-61(43,15)26-28-62)35-47(45)64(48)38-17-18-39-41(32-38)57(7,8)20-19-55(39,3)4/h17-18,29-35H,19-28H2,1-16H3. The van der Waals surface area contributed by atoms with Gasteiger partial charge >= 0.3 is 0 Å². The Morgan fingerprint density at radius 2 is 0.909 bits per heavy atom. The monoisotopic (exact) mass is 893 g/mol. The van der Waals surface area contributed by atoms with Gasteiger partial charge in [0.25, 0.3) is 6.71 Å². The van der Waals surface area contributed by atoms with Crippen molar-refractivity contribution < 1.29 is 0 Å². The summed E-state index contributed by atoms with van der Waals surface area (Å²) in [4.78, 5) is 7.23. The lowest BCUT2D eigenvalue weighted by Crippen LogP contribution is -2.63. The fourth-order valence-electron chi connectivity index (χ4n) is 15.1. The molecular formula is C62H77BN2S. The van der Waals surface area contributed by atoms with Crippen molar-refractivity contribution in [1.82, 2.24) is 0 Å². The number of aryl methyl sites for hydroxylation is 2. The van der Waals surface area contributed by atoms with Crippen LogP contribution in [0, 0.1) is 13.8 Å². The Hall–Kier alpha value is -3.76. The van der Waals surface area contributed by atoms with Crippen molar-refractivity contribution in [3.8, 4) is 0 Å². The predicted octanol–water partition coefficient (Wildman–Crippen LogP) is 15.6. The van der Waals surface area contributed by atoms with E-state index in [1.165, 1.54) is 131 Å². The molecule has 0 amide bonds. The first kappa shape index (κ1) is 43.5. The van der Waals surface area contributed by atoms with Crippen LogP contribution in [-0.2, 0) is 43.3 Å². The Morgan fingerprint density at radius 1 is 0.424 bits per heavy atom. The van der Waals surface area contributed by atoms with Gasteiger partial charge < -0.3 is 9.80 Å². The van der Waals surface area contributed by atoms with Crippen molar-refractivity contribution in [2.24, 2.45) is 0 Å². The molecule has 0 N–H and O–H groups in total. The molecule has 0 saturated heterocycles. The van der Waals surface area contributed by atoms with Crippen LogP contribution in [0.4, 0.5) is 33.4 Å². The lowest BCUT2D eigenvalue weighted by Gasteiger charge is -2.53. The van der Waals surface area contributed by atoms with Crippen molar-refractivity contribution in [1.29, 1.82) is 0 Å². The van der Waals surface area contributed by atoms with Crippen LogP contribution in [0.15, 0.2) is 54.6 Å². The number of rotatable bonds is 2. The third-order valence-electron chi connectivity index (χ3n) is 20.1. The number of anilines is 6. The molecule has 1 aromatic heterocycles. The molecule has 0 radical (unpaired) electrons. The van der Waals surface area contributed by atoms with E-state index >= 15 is 0 Å². The molecule has 0 atom stereocenters. The lowest BCUT2D eigenvalue weighted by atomic mass is 9.32. The zero-order chi connectivity index (χ0) is 46.8. The van der Waals surface area contributed by atoms with Gasteiger partial charge in [-0.2, -0.15) is 0 Å². The largest absolute Gasteiger partial charge is 0.311 e. The molecule has 66 heavy (non-hydrogen) atoms. The van der Waals surface area contributed by atoms with Gasteiger partial charge in [0.05, 0.1) is 10.7 Å². The molecule has 13 rings (SSSR count). The first-order valence-corrected chi connectivity index (χ1v) is 26.9. The number of thiophene rings is 1. The molecule has 5 aromatic rings. The molecule has 1 fully saturated rings. The highest BCUT2D eigenvalue weighted by molar-refractivity contribution is 7.20. The van der Waals surface area contributed by atoms with E-state index in [4.69, 9.17) is 0 Å². The molecule has 8 aliphatic rings. The Labute approximate surface area is 403 Å². The van der Waals surface area contributed by atoms with Gasteiger partial charge in [0.2, 0.25) is 0 Å². The molecule has 0 spiro atoms. The lowest BCUT2D eigenvalue weighted by molar-refractivity contribution is 0.188. The van der Waals surface area contributed by atoms with Crippen molar-refractivity contribution in [3.05, 3.63) is 110 Å². The topological polar surface area (TPSA) is 6.48 Å². The van der Waals surface area contributed by atoms with Crippen LogP contribution in [0.2, 0.25) is 0 Å². The van der Waals surface area contributed by atoms with E-state index in [0.29, 0.717) is 0 Å². The number of hydrogen-bond acceptors (Lipinski definition) is 3. The highest BCUT2D eigenvalue weighted by Crippen LogP contribution is 2.60. The molecule has 1 saturated carbocycles. The second-order valence-electron chi connectivity index (χ2n) is 27.6. The number of fused-ring (bicyclic) bond motifs is 10. The van der Waals surface area contributed by atoms with E-state index in [2.05, 4.69) is 187 Å². The number of benzene rings is 4. The van der Waals surface area contributed by atoms with E-state index in [1.807, 2.05) is 0 Å². The summed E-state index contributed by atoms with van der Waals surface area (Å²) in [5.41, 5.74) is 26.5. The minimum atomic E-state index is 0.0563. The van der Waals surface area contributed by atoms with Crippen molar-refractivity contribution in [2.75, 3.05) is 9.80 Å². The highest BCUT2D eigenvalue weighted by atomic mass is 32.1. The molecule has 2 bridgehead atoms. The molecule has 0 unspecified atom stereocenters. The van der Waals surface area contributed by atoms with E-state index in [0.717, 1.165) is 0 Å². The van der Waals surface area contributed by atoms with Gasteiger partial charge in [-0.3, -0.25) is 0 Å². The maximum atomic E-state index is 2.82. The summed E-state index contributed by atoms with van der Waals surface area (Å²) in [6.45, 7) is 40.3. The molecule has 4 heteroatoms. The zero-order valence-electron chi connectivity index (χ0n) is 43.6. The smallest absolute Gasteiger partial charge is 0.253 e. The Morgan fingerprint density at radius 3 is 1.52 bits per heavy atom. The maximum absolute atomic E-state index is 2.82. The summed E-state index contributed by atoms with van der Waals surface area (Å²) in [6.07, 6.45) is 12.4. The first-order valence-electron chi connectivity index (χ1n) is 26.1. The molecule has 4 aromatic carbocycles. The quantitative estimate of drug-likeness (QED) is 0.160. The van der Waals surface area contributed by atoms with Gasteiger partial charge in [0.1, 0.15) is 0 Å². The van der Waals surface area contributed by atoms with Crippen LogP contribution in [-0.4, -0.2) is 6.71 Å². The van der Waals surface area contributed by atoms with Gasteiger partial charge in [-0.1, -0.05) is 115 Å². The van der Waals surface area contributed by atoms with E-state index in [-0.39, 0.29) is 50.0 Å². The van der Waals surface area contributed by atoms with E-state index in [1.54, 1.807) is 38.2 Å². The van der Waals surface area contributed by atoms with Gasteiger partial charge in [-0.05, 0) is 224 Å². The molecular weight excluding hydrogens is 816 g/mol. The minimum Gasteiger partial charge on any atom is -0.311 e. The molecule has 2 nitrogen and oxygen atoms in total. The fourth-order valence-corrected chi connectivity index (χ4v) is 16.8. The van der Waals surface area contributed by atoms with Crippen molar-refractivity contribution >= 4 is 67.9 Å². The van der Waals surface area contributed by atoms with Crippen molar-refractivity contribution in [3.63, 3.8) is 0 Å². The van der Waals surface area contributed by atoms with E-state index < -0.39 is 0 Å². The Bertz CT molecular complexity index is 2960. The molecule has 2 aliphatic heterocycles. The predicted molar refractivity (Wildman–Crippen MR) is 287 cm³/mol. The summed E-state index contributed by atoms with van der Waals surface area (Å²) in [7, 11) is 0. The third kappa shape index (κ3) is 5.72. The second-order valence-corrected chi connectivity index (χ2v) is 28.6. The van der Waals surface area contributed by atoms with Gasteiger partial charge in [0.15, 0.2) is 0 Å². The summed E-state index contributed by atoms with van der Waals surface area (Å²) in [6, 6.07) is 23.7. The summed E-state index contributed by atoms with van der Waals surface area (Å²) in [5, 5.41) is 1.47. The molecule has 3 heterocycles. The Balaban J connectivity index is 1.22. The normalized spacial score (nSPS) is 26.9. The average Bonchev–Trinajstić information content (AvgIpc) is 3.67. The van der Waals surface area contributed by atoms with Gasteiger partial charge in [0, 0.05) is 27.6 Å². The van der Waals surface area contributed by atoms with Crippen LogP contribution in [0.3, 0.4) is 0 Å². The summed E-state index contributed by atoms with van der Waals surface area (Å²) in [5.74, 6) is 0. The highest BCUT2D eigenvalue weighted by Gasteiger charge is 2.54. The second kappa shape index (κ2) is 13.1. The third-order valence-corrected chi connectivity index (χ3v) is 21.7. The van der Waals surface area contributed by atoms with Crippen LogP contribution < -0.4 is 26.2 Å². The SMILES string of the molecule is Cc1cc2c3c(c1)N(c1cc4c(cc1C)C(C)(C)CCC4(C)C)c1sc4c(c1B3c1cc3c(cc1N2c1ccc2c(c1)C(C)(C)CCC2(C)C)C1(C)CCC3(C)CC1)C(C)(C)CCC4(C)C. The van der Waals surface area contributed by atoms with Crippen LogP contribution in [0.5, 0.6) is 0 Å². The fraction of sp³-hybridized carbons (Fsp3) is 0.548. The van der Waals surface area contributed by atoms with E-state index in [9.17, 15) is 0 Å². The molecule has 6 aliphatic carbocycles. The van der Waals surface area contributed by atoms with Crippen LogP contribution >= 0.6 is 11.3 Å². The average molecular weight is 893 g/mol. The summed E-state index contributed by atoms with van der Waals surface area (Å²) < 4.78 is 0. The maximum Gasteiger partial charge on any atom is 0.253 e. The molecule has 344 valence electrons. The van der Waals surface area contributed by atoms with Gasteiger partial charge in [-0.25, -0.2) is 0 Å². The van der Waals surface area contributed by atoms with Crippen LogP contribution in [0.25, 0.3) is 0 Å². The van der Waals surface area contributed by atoms with Crippen molar-refractivity contribution in [2.45, 2.75) is 218 Å². The number of nitrogens with zero attached hydrogens (tertiary/aromatic N) is 2. The first-order chi connectivity index (χ1) is 30.7. The van der Waals surface area contributed by atoms with Gasteiger partial charge in [-0.15, -0.1) is 11.3 Å². The van der Waals surface area contributed by atoms with Crippen LogP contribution in [0.1, 0.15) is 216 Å². The summed E-state index contributed by atoms with van der Waals surface area (Å²) >= 11 is 2.15. The number of hydrogen-bond donors (Lipinski definition) is 0. The Kier molecular flexibility index (Phi) is 8.64.